The van der Waals surface area contributed by atoms with Crippen LogP contribution in [0.25, 0.3) is 0 Å². The summed E-state index contributed by atoms with van der Waals surface area (Å²) in [5, 5.41) is 8.66. The number of carboxylic acids is 1. The van der Waals surface area contributed by atoms with Crippen molar-refractivity contribution in [1.29, 1.82) is 0 Å². The molecule has 0 bridgehead atoms. The van der Waals surface area contributed by atoms with Crippen molar-refractivity contribution >= 4 is 23.5 Å². The van der Waals surface area contributed by atoms with Crippen molar-refractivity contribution in [2.45, 2.75) is 18.9 Å². The lowest BCUT2D eigenvalue weighted by atomic mass is 10.0. The summed E-state index contributed by atoms with van der Waals surface area (Å²) in [7, 11) is 1.48. The Morgan fingerprint density at radius 1 is 1.23 bits per heavy atom. The number of hydrogen-bond acceptors (Lipinski definition) is 5. The van der Waals surface area contributed by atoms with Gasteiger partial charge in [0.1, 0.15) is 0 Å². The molecule has 1 unspecified atom stereocenters. The van der Waals surface area contributed by atoms with Gasteiger partial charge < -0.3 is 15.7 Å². The van der Waals surface area contributed by atoms with Crippen LogP contribution < -0.4 is 10.6 Å². The van der Waals surface area contributed by atoms with E-state index >= 15 is 0 Å². The van der Waals surface area contributed by atoms with Crippen LogP contribution in [0.3, 0.4) is 0 Å². The van der Waals surface area contributed by atoms with Gasteiger partial charge in [0.05, 0.1) is 13.1 Å². The standard InChI is InChI=1S/C15H19N3O4/c1-17-13(19)8-18(9-14(17)20)11-4-2-10(3-5-11)12(16)6-7-15(21)22/h2-5,12H,6-9,16H2,1H3,(H,21,22). The van der Waals surface area contributed by atoms with Gasteiger partial charge >= 0.3 is 5.97 Å². The summed E-state index contributed by atoms with van der Waals surface area (Å²) in [4.78, 5) is 36.8. The number of nitrogens with two attached hydrogens (primary N) is 1. The zero-order valence-electron chi connectivity index (χ0n) is 12.4. The Bertz CT molecular complexity index is 567. The molecule has 1 aliphatic heterocycles. The van der Waals surface area contributed by atoms with Crippen LogP contribution in [0.15, 0.2) is 24.3 Å². The number of aliphatic carboxylic acids is 1. The summed E-state index contributed by atoms with van der Waals surface area (Å²) >= 11 is 0. The van der Waals surface area contributed by atoms with Gasteiger partial charge in [0.25, 0.3) is 0 Å². The minimum atomic E-state index is -0.874. The SMILES string of the molecule is CN1C(=O)CN(c2ccc(C(N)CCC(=O)O)cc2)CC1=O. The van der Waals surface area contributed by atoms with Gasteiger partial charge in [-0.1, -0.05) is 12.1 Å². The molecule has 1 saturated heterocycles. The molecule has 0 spiro atoms. The number of imide groups is 1. The molecule has 1 fully saturated rings. The number of hydrogen-bond donors (Lipinski definition) is 2. The van der Waals surface area contributed by atoms with E-state index in [0.29, 0.717) is 6.42 Å². The summed E-state index contributed by atoms with van der Waals surface area (Å²) in [5.41, 5.74) is 7.54. The van der Waals surface area contributed by atoms with Gasteiger partial charge in [-0.3, -0.25) is 19.3 Å². The second-order valence-electron chi connectivity index (χ2n) is 5.33. The zero-order valence-corrected chi connectivity index (χ0v) is 12.4. The molecule has 7 heteroatoms. The van der Waals surface area contributed by atoms with E-state index in [9.17, 15) is 14.4 Å². The number of carboxylic acid groups (broad SMARTS) is 1. The van der Waals surface area contributed by atoms with Gasteiger partial charge in [-0.15, -0.1) is 0 Å². The van der Waals surface area contributed by atoms with E-state index < -0.39 is 5.97 Å². The van der Waals surface area contributed by atoms with E-state index in [1.54, 1.807) is 29.2 Å². The molecule has 2 amide bonds. The molecule has 7 nitrogen and oxygen atoms in total. The number of anilines is 1. The third-order valence-electron chi connectivity index (χ3n) is 3.76. The number of carbonyl (C=O) groups is 3. The van der Waals surface area contributed by atoms with Crippen molar-refractivity contribution in [3.8, 4) is 0 Å². The minimum absolute atomic E-state index is 0.0182. The predicted molar refractivity (Wildman–Crippen MR) is 80.2 cm³/mol. The molecule has 0 radical (unpaired) electrons. The third kappa shape index (κ3) is 3.62. The normalized spacial score (nSPS) is 16.8. The Morgan fingerprint density at radius 3 is 2.27 bits per heavy atom. The van der Waals surface area contributed by atoms with Crippen LogP contribution in [-0.4, -0.2) is 47.9 Å². The molecular weight excluding hydrogens is 286 g/mol. The average Bonchev–Trinajstić information content (AvgIpc) is 2.50. The first-order valence-electron chi connectivity index (χ1n) is 7.00. The number of piperazine rings is 1. The molecule has 1 atom stereocenters. The molecule has 0 aliphatic carbocycles. The number of carbonyl (C=O) groups excluding carboxylic acids is 2. The van der Waals surface area contributed by atoms with Crippen LogP contribution in [0.4, 0.5) is 5.69 Å². The topological polar surface area (TPSA) is 104 Å². The Labute approximate surface area is 128 Å². The Hall–Kier alpha value is -2.41. The third-order valence-corrected chi connectivity index (χ3v) is 3.76. The number of nitrogens with zero attached hydrogens (tertiary/aromatic N) is 2. The van der Waals surface area contributed by atoms with Gasteiger partial charge in [0.15, 0.2) is 0 Å². The summed E-state index contributed by atoms with van der Waals surface area (Å²) in [5.74, 6) is -1.35. The fourth-order valence-electron chi connectivity index (χ4n) is 2.29. The molecule has 22 heavy (non-hydrogen) atoms. The highest BCUT2D eigenvalue weighted by Crippen LogP contribution is 2.22. The van der Waals surface area contributed by atoms with Crippen molar-refractivity contribution in [3.05, 3.63) is 29.8 Å². The molecule has 2 rings (SSSR count). The van der Waals surface area contributed by atoms with E-state index in [2.05, 4.69) is 0 Å². The van der Waals surface area contributed by atoms with E-state index in [-0.39, 0.29) is 37.4 Å². The molecule has 3 N–H and O–H groups in total. The maximum Gasteiger partial charge on any atom is 0.303 e. The maximum absolute atomic E-state index is 11.7. The maximum atomic E-state index is 11.7. The molecule has 1 aromatic rings. The lowest BCUT2D eigenvalue weighted by Crippen LogP contribution is -2.52. The van der Waals surface area contributed by atoms with Crippen molar-refractivity contribution in [2.75, 3.05) is 25.0 Å². The molecule has 1 heterocycles. The lowest BCUT2D eigenvalue weighted by Gasteiger charge is -2.32. The Morgan fingerprint density at radius 2 is 1.77 bits per heavy atom. The number of rotatable bonds is 5. The smallest absolute Gasteiger partial charge is 0.303 e. The number of benzene rings is 1. The van der Waals surface area contributed by atoms with Crippen LogP contribution in [-0.2, 0) is 14.4 Å². The molecule has 0 saturated carbocycles. The van der Waals surface area contributed by atoms with Gasteiger partial charge in [-0.05, 0) is 24.1 Å². The molecule has 0 aromatic heterocycles. The first-order valence-corrected chi connectivity index (χ1v) is 7.00. The van der Waals surface area contributed by atoms with Gasteiger partial charge in [0, 0.05) is 25.2 Å². The van der Waals surface area contributed by atoms with Crippen LogP contribution >= 0.6 is 0 Å². The number of amides is 2. The van der Waals surface area contributed by atoms with Crippen LogP contribution in [0.1, 0.15) is 24.4 Å². The van der Waals surface area contributed by atoms with Crippen LogP contribution in [0.5, 0.6) is 0 Å². The Balaban J connectivity index is 2.04. The second kappa shape index (κ2) is 6.57. The van der Waals surface area contributed by atoms with Crippen molar-refractivity contribution in [3.63, 3.8) is 0 Å². The lowest BCUT2D eigenvalue weighted by molar-refractivity contribution is -0.143. The van der Waals surface area contributed by atoms with Crippen molar-refractivity contribution in [2.24, 2.45) is 5.73 Å². The monoisotopic (exact) mass is 305 g/mol. The van der Waals surface area contributed by atoms with Gasteiger partial charge in [0.2, 0.25) is 11.8 Å². The van der Waals surface area contributed by atoms with E-state index in [4.69, 9.17) is 10.8 Å². The van der Waals surface area contributed by atoms with Crippen molar-refractivity contribution < 1.29 is 19.5 Å². The number of likely N-dealkylation sites (N-methyl/N-ethyl adjacent to an activating group) is 1. The van der Waals surface area contributed by atoms with E-state index in [1.807, 2.05) is 0 Å². The first-order chi connectivity index (χ1) is 10.4. The summed E-state index contributed by atoms with van der Waals surface area (Å²) < 4.78 is 0. The fourth-order valence-corrected chi connectivity index (χ4v) is 2.29. The zero-order chi connectivity index (χ0) is 16.3. The molecule has 118 valence electrons. The highest BCUT2D eigenvalue weighted by Gasteiger charge is 2.28. The summed E-state index contributed by atoms with van der Waals surface area (Å²) in [6, 6.07) is 6.84. The highest BCUT2D eigenvalue weighted by molar-refractivity contribution is 6.02. The summed E-state index contributed by atoms with van der Waals surface area (Å²) in [6.45, 7) is 0.319. The Kier molecular flexibility index (Phi) is 4.77. The highest BCUT2D eigenvalue weighted by atomic mass is 16.4. The first kappa shape index (κ1) is 16.0. The molecular formula is C15H19N3O4. The van der Waals surface area contributed by atoms with Gasteiger partial charge in [-0.2, -0.15) is 0 Å². The predicted octanol–water partition coefficient (Wildman–Crippen LogP) is 0.356. The quantitative estimate of drug-likeness (QED) is 0.761. The van der Waals surface area contributed by atoms with E-state index in [1.165, 1.54) is 7.05 Å². The second-order valence-corrected chi connectivity index (χ2v) is 5.33. The molecule has 1 aliphatic rings. The fraction of sp³-hybridized carbons (Fsp3) is 0.400. The minimum Gasteiger partial charge on any atom is -0.481 e. The van der Waals surface area contributed by atoms with E-state index in [0.717, 1.165) is 16.2 Å². The average molecular weight is 305 g/mol. The van der Waals surface area contributed by atoms with Crippen molar-refractivity contribution in [1.82, 2.24) is 4.90 Å². The van der Waals surface area contributed by atoms with Crippen LogP contribution in [0, 0.1) is 0 Å². The van der Waals surface area contributed by atoms with Crippen LogP contribution in [0.2, 0.25) is 0 Å². The van der Waals surface area contributed by atoms with Gasteiger partial charge in [-0.25, -0.2) is 0 Å². The molecule has 1 aromatic carbocycles. The largest absolute Gasteiger partial charge is 0.481 e. The summed E-state index contributed by atoms with van der Waals surface area (Å²) in [6.07, 6.45) is 0.380.